The van der Waals surface area contributed by atoms with Gasteiger partial charge in [0, 0.05) is 13.6 Å². The van der Waals surface area contributed by atoms with Gasteiger partial charge in [-0.05, 0) is 44.0 Å². The zero-order chi connectivity index (χ0) is 14.3. The number of anilines is 2. The van der Waals surface area contributed by atoms with Gasteiger partial charge in [-0.15, -0.1) is 0 Å². The molecule has 104 valence electrons. The number of aryl methyl sites for hydroxylation is 2. The minimum absolute atomic E-state index is 0.396. The zero-order valence-electron chi connectivity index (χ0n) is 12.7. The monoisotopic (exact) mass is 266 g/mol. The molecule has 0 spiro atoms. The smallest absolute Gasteiger partial charge is 0.0988 e. The Morgan fingerprint density at radius 1 is 1.00 bits per heavy atom. The molecule has 3 rings (SSSR count). The first kappa shape index (κ1) is 13.0. The summed E-state index contributed by atoms with van der Waals surface area (Å²) in [5.41, 5.74) is 6.78. The third-order valence-corrected chi connectivity index (χ3v) is 4.42. The summed E-state index contributed by atoms with van der Waals surface area (Å²) in [7, 11) is 2.17. The molecule has 0 saturated heterocycles. The van der Waals surface area contributed by atoms with Crippen molar-refractivity contribution >= 4 is 11.4 Å². The molecular formula is C18H22N2. The van der Waals surface area contributed by atoms with Crippen LogP contribution in [0.3, 0.4) is 0 Å². The highest BCUT2D eigenvalue weighted by Gasteiger charge is 2.29. The lowest BCUT2D eigenvalue weighted by molar-refractivity contribution is 0.655. The number of para-hydroxylation sites is 2. The van der Waals surface area contributed by atoms with Gasteiger partial charge in [-0.2, -0.15) is 0 Å². The first-order chi connectivity index (χ1) is 9.58. The molecular weight excluding hydrogens is 244 g/mol. The van der Waals surface area contributed by atoms with E-state index in [-0.39, 0.29) is 0 Å². The fourth-order valence-corrected chi connectivity index (χ4v) is 3.04. The highest BCUT2D eigenvalue weighted by Crippen LogP contribution is 2.39. The second kappa shape index (κ2) is 4.86. The van der Waals surface area contributed by atoms with E-state index in [0.717, 1.165) is 6.54 Å². The Bertz CT molecular complexity index is 633. The average Bonchev–Trinajstić information content (AvgIpc) is 2.67. The highest BCUT2D eigenvalue weighted by atomic mass is 15.4. The van der Waals surface area contributed by atoms with Gasteiger partial charge in [0.25, 0.3) is 0 Å². The van der Waals surface area contributed by atoms with Crippen LogP contribution in [0.5, 0.6) is 0 Å². The highest BCUT2D eigenvalue weighted by molar-refractivity contribution is 5.77. The molecule has 1 atom stereocenters. The lowest BCUT2D eigenvalue weighted by Gasteiger charge is -2.28. The molecule has 1 aliphatic rings. The van der Waals surface area contributed by atoms with Gasteiger partial charge >= 0.3 is 0 Å². The van der Waals surface area contributed by atoms with E-state index in [4.69, 9.17) is 0 Å². The van der Waals surface area contributed by atoms with Crippen LogP contribution >= 0.6 is 0 Å². The van der Waals surface area contributed by atoms with E-state index in [0.29, 0.717) is 6.17 Å². The number of rotatable bonds is 2. The van der Waals surface area contributed by atoms with Crippen molar-refractivity contribution in [2.75, 3.05) is 16.8 Å². The van der Waals surface area contributed by atoms with Crippen molar-refractivity contribution in [1.29, 1.82) is 0 Å². The number of hydrogen-bond donors (Lipinski definition) is 0. The molecule has 2 nitrogen and oxygen atoms in total. The summed E-state index contributed by atoms with van der Waals surface area (Å²) >= 11 is 0. The molecule has 1 heterocycles. The van der Waals surface area contributed by atoms with Gasteiger partial charge in [-0.1, -0.05) is 35.9 Å². The summed E-state index contributed by atoms with van der Waals surface area (Å²) in [6.07, 6.45) is 0.396. The molecule has 2 aromatic rings. The Kier molecular flexibility index (Phi) is 3.17. The predicted octanol–water partition coefficient (Wildman–Crippen LogP) is 4.11. The lowest BCUT2D eigenvalue weighted by Crippen LogP contribution is -2.38. The van der Waals surface area contributed by atoms with Crippen LogP contribution in [0.25, 0.3) is 0 Å². The molecule has 0 radical (unpaired) electrons. The molecule has 20 heavy (non-hydrogen) atoms. The van der Waals surface area contributed by atoms with Gasteiger partial charge in [-0.3, -0.25) is 0 Å². The second-order valence-corrected chi connectivity index (χ2v) is 5.79. The van der Waals surface area contributed by atoms with Crippen LogP contribution in [0.1, 0.15) is 23.6 Å². The standard InChI is InChI=1S/C18H22N2/c1-13-9-10-16(14(2)11-13)12-20-15(3)19(4)17-7-5-6-8-18(17)20/h5-11,15H,12H2,1-4H3. The first-order valence-corrected chi connectivity index (χ1v) is 7.22. The van der Waals surface area contributed by atoms with E-state index in [2.05, 4.69) is 80.1 Å². The predicted molar refractivity (Wildman–Crippen MR) is 86.4 cm³/mol. The van der Waals surface area contributed by atoms with E-state index in [9.17, 15) is 0 Å². The number of benzene rings is 2. The number of nitrogens with zero attached hydrogens (tertiary/aromatic N) is 2. The fourth-order valence-electron chi connectivity index (χ4n) is 3.04. The topological polar surface area (TPSA) is 6.48 Å². The quantitative estimate of drug-likeness (QED) is 0.807. The van der Waals surface area contributed by atoms with Crippen molar-refractivity contribution in [3.8, 4) is 0 Å². The molecule has 0 aliphatic carbocycles. The van der Waals surface area contributed by atoms with Crippen LogP contribution in [0.2, 0.25) is 0 Å². The van der Waals surface area contributed by atoms with E-state index in [1.54, 1.807) is 0 Å². The third-order valence-electron chi connectivity index (χ3n) is 4.42. The van der Waals surface area contributed by atoms with Crippen molar-refractivity contribution in [3.05, 3.63) is 59.2 Å². The minimum atomic E-state index is 0.396. The van der Waals surface area contributed by atoms with Crippen molar-refractivity contribution in [3.63, 3.8) is 0 Å². The van der Waals surface area contributed by atoms with Gasteiger partial charge < -0.3 is 9.80 Å². The van der Waals surface area contributed by atoms with Crippen LogP contribution in [0.4, 0.5) is 11.4 Å². The third kappa shape index (κ3) is 2.05. The Morgan fingerprint density at radius 2 is 1.70 bits per heavy atom. The fraction of sp³-hybridized carbons (Fsp3) is 0.333. The maximum Gasteiger partial charge on any atom is 0.0988 e. The Hall–Kier alpha value is -1.96. The van der Waals surface area contributed by atoms with Crippen LogP contribution in [0.15, 0.2) is 42.5 Å². The number of fused-ring (bicyclic) bond motifs is 1. The molecule has 0 aromatic heterocycles. The SMILES string of the molecule is Cc1ccc(CN2c3ccccc3N(C)C2C)c(C)c1. The van der Waals surface area contributed by atoms with Crippen LogP contribution in [-0.2, 0) is 6.54 Å². The summed E-state index contributed by atoms with van der Waals surface area (Å²) < 4.78 is 0. The molecule has 1 aliphatic heterocycles. The molecule has 0 amide bonds. The molecule has 0 bridgehead atoms. The summed E-state index contributed by atoms with van der Waals surface area (Å²) in [5.74, 6) is 0. The van der Waals surface area contributed by atoms with E-state index in [1.807, 2.05) is 0 Å². The molecule has 0 fully saturated rings. The minimum Gasteiger partial charge on any atom is -0.353 e. The largest absolute Gasteiger partial charge is 0.353 e. The number of hydrogen-bond acceptors (Lipinski definition) is 2. The molecule has 0 N–H and O–H groups in total. The summed E-state index contributed by atoms with van der Waals surface area (Å²) in [6.45, 7) is 7.59. The average molecular weight is 266 g/mol. The van der Waals surface area contributed by atoms with Gasteiger partial charge in [0.15, 0.2) is 0 Å². The van der Waals surface area contributed by atoms with Crippen molar-refractivity contribution in [2.45, 2.75) is 33.5 Å². The lowest BCUT2D eigenvalue weighted by atomic mass is 10.1. The molecule has 1 unspecified atom stereocenters. The summed E-state index contributed by atoms with van der Waals surface area (Å²) in [6, 6.07) is 15.4. The molecule has 0 saturated carbocycles. The molecule has 2 heteroatoms. The second-order valence-electron chi connectivity index (χ2n) is 5.79. The van der Waals surface area contributed by atoms with Gasteiger partial charge in [0.05, 0.1) is 17.5 Å². The maximum absolute atomic E-state index is 2.48. The Balaban J connectivity index is 1.95. The van der Waals surface area contributed by atoms with Crippen LogP contribution in [0, 0.1) is 13.8 Å². The van der Waals surface area contributed by atoms with Gasteiger partial charge in [0.1, 0.15) is 0 Å². The molecule has 2 aromatic carbocycles. The van der Waals surface area contributed by atoms with E-state index >= 15 is 0 Å². The van der Waals surface area contributed by atoms with Gasteiger partial charge in [0.2, 0.25) is 0 Å². The van der Waals surface area contributed by atoms with Crippen LogP contribution < -0.4 is 9.80 Å². The van der Waals surface area contributed by atoms with E-state index in [1.165, 1.54) is 28.1 Å². The normalized spacial score (nSPS) is 17.5. The maximum atomic E-state index is 2.48. The summed E-state index contributed by atoms with van der Waals surface area (Å²) in [5, 5.41) is 0. The van der Waals surface area contributed by atoms with Crippen molar-refractivity contribution in [2.24, 2.45) is 0 Å². The van der Waals surface area contributed by atoms with E-state index < -0.39 is 0 Å². The van der Waals surface area contributed by atoms with Gasteiger partial charge in [-0.25, -0.2) is 0 Å². The van der Waals surface area contributed by atoms with Crippen molar-refractivity contribution in [1.82, 2.24) is 0 Å². The Morgan fingerprint density at radius 3 is 2.40 bits per heavy atom. The summed E-state index contributed by atoms with van der Waals surface area (Å²) in [4.78, 5) is 4.83. The first-order valence-electron chi connectivity index (χ1n) is 7.22. The Labute approximate surface area is 121 Å². The zero-order valence-corrected chi connectivity index (χ0v) is 12.7. The van der Waals surface area contributed by atoms with Crippen LogP contribution in [-0.4, -0.2) is 13.2 Å². The van der Waals surface area contributed by atoms with Crippen molar-refractivity contribution < 1.29 is 0 Å².